The predicted octanol–water partition coefficient (Wildman–Crippen LogP) is 0.845. The maximum atomic E-state index is 12.3. The molecular weight excluding hydrogens is 242 g/mol. The number of rotatable bonds is 5. The van der Waals surface area contributed by atoms with Gasteiger partial charge in [0.2, 0.25) is 0 Å². The molecule has 0 unspecified atom stereocenters. The SMILES string of the molecule is CCCCCN(C(=O)C(=O)N1CCNCC1)C(C)C. The lowest BCUT2D eigenvalue weighted by Crippen LogP contribution is -2.53. The van der Waals surface area contributed by atoms with Gasteiger partial charge in [-0.3, -0.25) is 9.59 Å². The van der Waals surface area contributed by atoms with Gasteiger partial charge in [-0.2, -0.15) is 0 Å². The van der Waals surface area contributed by atoms with Crippen LogP contribution >= 0.6 is 0 Å². The molecule has 19 heavy (non-hydrogen) atoms. The summed E-state index contributed by atoms with van der Waals surface area (Å²) >= 11 is 0. The van der Waals surface area contributed by atoms with Crippen LogP contribution in [-0.2, 0) is 9.59 Å². The van der Waals surface area contributed by atoms with Crippen molar-refractivity contribution in [3.05, 3.63) is 0 Å². The normalized spacial score (nSPS) is 15.7. The lowest BCUT2D eigenvalue weighted by Gasteiger charge is -2.31. The van der Waals surface area contributed by atoms with Crippen LogP contribution in [0.4, 0.5) is 0 Å². The molecule has 5 nitrogen and oxygen atoms in total. The van der Waals surface area contributed by atoms with Crippen LogP contribution in [0.15, 0.2) is 0 Å². The Morgan fingerprint density at radius 1 is 1.21 bits per heavy atom. The molecule has 0 atom stereocenters. The molecule has 0 saturated carbocycles. The number of carbonyl (C=O) groups is 2. The molecule has 1 fully saturated rings. The van der Waals surface area contributed by atoms with E-state index in [9.17, 15) is 9.59 Å². The van der Waals surface area contributed by atoms with Crippen LogP contribution in [-0.4, -0.2) is 60.4 Å². The van der Waals surface area contributed by atoms with Crippen LogP contribution < -0.4 is 5.32 Å². The van der Waals surface area contributed by atoms with Crippen molar-refractivity contribution < 1.29 is 9.59 Å². The van der Waals surface area contributed by atoms with E-state index in [-0.39, 0.29) is 17.9 Å². The second-order valence-corrected chi connectivity index (χ2v) is 5.34. The highest BCUT2D eigenvalue weighted by molar-refractivity contribution is 6.35. The van der Waals surface area contributed by atoms with Crippen LogP contribution in [0.25, 0.3) is 0 Å². The third-order valence-corrected chi connectivity index (χ3v) is 3.47. The second kappa shape index (κ2) is 8.15. The summed E-state index contributed by atoms with van der Waals surface area (Å²) in [4.78, 5) is 27.8. The van der Waals surface area contributed by atoms with Gasteiger partial charge >= 0.3 is 11.8 Å². The summed E-state index contributed by atoms with van der Waals surface area (Å²) in [6.07, 6.45) is 3.18. The lowest BCUT2D eigenvalue weighted by atomic mass is 10.2. The predicted molar refractivity (Wildman–Crippen MR) is 75.8 cm³/mol. The van der Waals surface area contributed by atoms with Crippen LogP contribution in [0.1, 0.15) is 40.0 Å². The molecular formula is C14H27N3O2. The molecule has 1 aliphatic heterocycles. The van der Waals surface area contributed by atoms with Gasteiger partial charge in [0.1, 0.15) is 0 Å². The summed E-state index contributed by atoms with van der Waals surface area (Å²) in [5, 5.41) is 3.18. The molecule has 0 radical (unpaired) electrons. The van der Waals surface area contributed by atoms with E-state index < -0.39 is 0 Å². The average Bonchev–Trinajstić information content (AvgIpc) is 2.42. The third kappa shape index (κ3) is 4.82. The molecule has 0 aromatic rings. The highest BCUT2D eigenvalue weighted by Gasteiger charge is 2.28. The van der Waals surface area contributed by atoms with Gasteiger partial charge in [0.05, 0.1) is 0 Å². The zero-order chi connectivity index (χ0) is 14.3. The van der Waals surface area contributed by atoms with Gasteiger partial charge in [0.25, 0.3) is 0 Å². The molecule has 1 aliphatic rings. The monoisotopic (exact) mass is 269 g/mol. The molecule has 1 saturated heterocycles. The van der Waals surface area contributed by atoms with Gasteiger partial charge < -0.3 is 15.1 Å². The Kier molecular flexibility index (Phi) is 6.84. The van der Waals surface area contributed by atoms with E-state index in [2.05, 4.69) is 12.2 Å². The molecule has 0 aromatic carbocycles. The first kappa shape index (κ1) is 16.0. The summed E-state index contributed by atoms with van der Waals surface area (Å²) in [5.74, 6) is -0.681. The molecule has 2 amide bonds. The third-order valence-electron chi connectivity index (χ3n) is 3.47. The molecule has 0 aromatic heterocycles. The smallest absolute Gasteiger partial charge is 0.312 e. The summed E-state index contributed by atoms with van der Waals surface area (Å²) in [5.41, 5.74) is 0. The zero-order valence-corrected chi connectivity index (χ0v) is 12.4. The van der Waals surface area contributed by atoms with E-state index in [1.807, 2.05) is 13.8 Å². The fourth-order valence-electron chi connectivity index (χ4n) is 2.25. The van der Waals surface area contributed by atoms with Crippen molar-refractivity contribution in [1.29, 1.82) is 0 Å². The molecule has 5 heteroatoms. The van der Waals surface area contributed by atoms with Crippen molar-refractivity contribution in [2.24, 2.45) is 0 Å². The largest absolute Gasteiger partial charge is 0.332 e. The molecule has 0 spiro atoms. The standard InChI is InChI=1S/C14H27N3O2/c1-4-5-6-9-17(12(2)3)14(19)13(18)16-10-7-15-8-11-16/h12,15H,4-11H2,1-3H3. The van der Waals surface area contributed by atoms with Crippen molar-refractivity contribution in [3.8, 4) is 0 Å². The van der Waals surface area contributed by atoms with Gasteiger partial charge in [-0.25, -0.2) is 0 Å². The fraction of sp³-hybridized carbons (Fsp3) is 0.857. The maximum absolute atomic E-state index is 12.3. The first-order valence-electron chi connectivity index (χ1n) is 7.38. The Bertz CT molecular complexity index is 299. The van der Waals surface area contributed by atoms with E-state index in [4.69, 9.17) is 0 Å². The maximum Gasteiger partial charge on any atom is 0.312 e. The second-order valence-electron chi connectivity index (χ2n) is 5.34. The number of piperazine rings is 1. The Morgan fingerprint density at radius 2 is 1.84 bits per heavy atom. The molecule has 1 N–H and O–H groups in total. The summed E-state index contributed by atoms with van der Waals surface area (Å²) in [7, 11) is 0. The van der Waals surface area contributed by atoms with E-state index in [1.165, 1.54) is 0 Å². The number of carbonyl (C=O) groups excluding carboxylic acids is 2. The minimum Gasteiger partial charge on any atom is -0.332 e. The highest BCUT2D eigenvalue weighted by atomic mass is 16.2. The topological polar surface area (TPSA) is 52.7 Å². The molecule has 0 aliphatic carbocycles. The first-order chi connectivity index (χ1) is 9.07. The van der Waals surface area contributed by atoms with Crippen molar-refractivity contribution in [2.75, 3.05) is 32.7 Å². The molecule has 0 bridgehead atoms. The van der Waals surface area contributed by atoms with E-state index in [1.54, 1.807) is 9.80 Å². The van der Waals surface area contributed by atoms with Gasteiger partial charge in [0, 0.05) is 38.8 Å². The lowest BCUT2D eigenvalue weighted by molar-refractivity contribution is -0.153. The van der Waals surface area contributed by atoms with E-state index in [0.29, 0.717) is 19.6 Å². The number of hydrogen-bond acceptors (Lipinski definition) is 3. The van der Waals surface area contributed by atoms with Crippen molar-refractivity contribution in [1.82, 2.24) is 15.1 Å². The van der Waals surface area contributed by atoms with Crippen molar-refractivity contribution in [2.45, 2.75) is 46.1 Å². The van der Waals surface area contributed by atoms with Gasteiger partial charge in [0.15, 0.2) is 0 Å². The molecule has 110 valence electrons. The Morgan fingerprint density at radius 3 is 2.37 bits per heavy atom. The number of hydrogen-bond donors (Lipinski definition) is 1. The van der Waals surface area contributed by atoms with Crippen LogP contribution in [0.3, 0.4) is 0 Å². The zero-order valence-electron chi connectivity index (χ0n) is 12.4. The Hall–Kier alpha value is -1.10. The van der Waals surface area contributed by atoms with E-state index >= 15 is 0 Å². The minimum absolute atomic E-state index is 0.0798. The van der Waals surface area contributed by atoms with Crippen LogP contribution in [0.5, 0.6) is 0 Å². The number of nitrogens with one attached hydrogen (secondary N) is 1. The first-order valence-corrected chi connectivity index (χ1v) is 7.38. The van der Waals surface area contributed by atoms with E-state index in [0.717, 1.165) is 32.4 Å². The Labute approximate surface area is 116 Å². The summed E-state index contributed by atoms with van der Waals surface area (Å²) in [6, 6.07) is 0.0798. The summed E-state index contributed by atoms with van der Waals surface area (Å²) < 4.78 is 0. The van der Waals surface area contributed by atoms with Gasteiger partial charge in [-0.15, -0.1) is 0 Å². The average molecular weight is 269 g/mol. The van der Waals surface area contributed by atoms with Gasteiger partial charge in [-0.05, 0) is 20.3 Å². The minimum atomic E-state index is -0.341. The highest BCUT2D eigenvalue weighted by Crippen LogP contribution is 2.06. The molecule has 1 rings (SSSR count). The summed E-state index contributed by atoms with van der Waals surface area (Å²) in [6.45, 7) is 9.56. The number of amides is 2. The van der Waals surface area contributed by atoms with Gasteiger partial charge in [-0.1, -0.05) is 19.8 Å². The Balaban J connectivity index is 2.56. The fourth-order valence-corrected chi connectivity index (χ4v) is 2.25. The number of nitrogens with zero attached hydrogens (tertiary/aromatic N) is 2. The van der Waals surface area contributed by atoms with Crippen LogP contribution in [0.2, 0.25) is 0 Å². The van der Waals surface area contributed by atoms with Crippen LogP contribution in [0, 0.1) is 0 Å². The van der Waals surface area contributed by atoms with Crippen molar-refractivity contribution >= 4 is 11.8 Å². The quantitative estimate of drug-likeness (QED) is 0.594. The molecule has 1 heterocycles. The van der Waals surface area contributed by atoms with Crippen molar-refractivity contribution in [3.63, 3.8) is 0 Å². The number of unbranched alkanes of at least 4 members (excludes halogenated alkanes) is 2.